The number of hydrogen-bond donors (Lipinski definition) is 1. The summed E-state index contributed by atoms with van der Waals surface area (Å²) in [4.78, 5) is 25.1. The van der Waals surface area contributed by atoms with E-state index in [4.69, 9.17) is 0 Å². The third-order valence-electron chi connectivity index (χ3n) is 5.64. The standard InChI is InChI=1S/C15H25N3O3/c19-15(20)12-9-11(10-17-7-3-1-6-14(12)17)13-5-2-4-8-18(13)16-21/h11-14H,1-10H2,(H,19,20)/t11-,12-,13-,14-/m1/s1. The van der Waals surface area contributed by atoms with Crippen LogP contribution in [0.5, 0.6) is 0 Å². The summed E-state index contributed by atoms with van der Waals surface area (Å²) in [6, 6.07) is 0.342. The maximum atomic E-state index is 11.7. The van der Waals surface area contributed by atoms with Gasteiger partial charge in [-0.1, -0.05) is 6.42 Å². The smallest absolute Gasteiger partial charge is 0.308 e. The van der Waals surface area contributed by atoms with Crippen molar-refractivity contribution >= 4 is 5.97 Å². The van der Waals surface area contributed by atoms with Crippen LogP contribution in [0.25, 0.3) is 0 Å². The summed E-state index contributed by atoms with van der Waals surface area (Å²) in [5, 5.41) is 14.5. The first-order valence-corrected chi connectivity index (χ1v) is 8.27. The number of hydrogen-bond acceptors (Lipinski definition) is 4. The lowest BCUT2D eigenvalue weighted by Crippen LogP contribution is -2.57. The molecule has 3 saturated heterocycles. The van der Waals surface area contributed by atoms with Crippen molar-refractivity contribution in [2.75, 3.05) is 19.6 Å². The van der Waals surface area contributed by atoms with Gasteiger partial charge >= 0.3 is 5.97 Å². The average Bonchev–Trinajstić information content (AvgIpc) is 2.53. The van der Waals surface area contributed by atoms with Crippen LogP contribution in [-0.4, -0.2) is 52.7 Å². The van der Waals surface area contributed by atoms with E-state index in [-0.39, 0.29) is 23.9 Å². The lowest BCUT2D eigenvalue weighted by Gasteiger charge is -2.49. The third kappa shape index (κ3) is 2.91. The highest BCUT2D eigenvalue weighted by atomic mass is 16.4. The van der Waals surface area contributed by atoms with Crippen LogP contribution in [0.3, 0.4) is 0 Å². The number of carbonyl (C=O) groups is 1. The zero-order valence-electron chi connectivity index (χ0n) is 12.5. The Morgan fingerprint density at radius 2 is 1.76 bits per heavy atom. The maximum Gasteiger partial charge on any atom is 0.308 e. The number of carboxylic acid groups (broad SMARTS) is 1. The molecular weight excluding hydrogens is 270 g/mol. The summed E-state index contributed by atoms with van der Waals surface area (Å²) in [7, 11) is 0. The van der Waals surface area contributed by atoms with Gasteiger partial charge in [0.15, 0.2) is 0 Å². The van der Waals surface area contributed by atoms with Gasteiger partial charge in [-0.05, 0) is 51.0 Å². The molecule has 0 bridgehead atoms. The van der Waals surface area contributed by atoms with E-state index in [9.17, 15) is 14.8 Å². The molecule has 0 radical (unpaired) electrons. The molecule has 0 aromatic rings. The van der Waals surface area contributed by atoms with Gasteiger partial charge in [-0.25, -0.2) is 0 Å². The zero-order valence-corrected chi connectivity index (χ0v) is 12.5. The molecule has 118 valence electrons. The van der Waals surface area contributed by atoms with Crippen molar-refractivity contribution in [3.8, 4) is 0 Å². The average molecular weight is 295 g/mol. The second kappa shape index (κ2) is 6.30. The van der Waals surface area contributed by atoms with Crippen molar-refractivity contribution in [2.45, 2.75) is 57.0 Å². The first-order valence-electron chi connectivity index (χ1n) is 8.27. The normalized spacial score (nSPS) is 37.8. The predicted octanol–water partition coefficient (Wildman–Crippen LogP) is 2.10. The molecule has 0 aliphatic carbocycles. The minimum Gasteiger partial charge on any atom is -0.481 e. The highest BCUT2D eigenvalue weighted by Crippen LogP contribution is 2.38. The molecule has 0 aromatic carbocycles. The molecule has 1 N–H and O–H groups in total. The second-order valence-corrected chi connectivity index (χ2v) is 6.81. The summed E-state index contributed by atoms with van der Waals surface area (Å²) >= 11 is 0. The van der Waals surface area contributed by atoms with Crippen LogP contribution in [0, 0.1) is 16.7 Å². The van der Waals surface area contributed by atoms with E-state index in [1.54, 1.807) is 5.01 Å². The van der Waals surface area contributed by atoms with Crippen LogP contribution < -0.4 is 0 Å². The number of rotatable bonds is 3. The van der Waals surface area contributed by atoms with E-state index in [0.29, 0.717) is 6.42 Å². The van der Waals surface area contributed by atoms with Crippen LogP contribution in [0.2, 0.25) is 0 Å². The summed E-state index contributed by atoms with van der Waals surface area (Å²) in [5.41, 5.74) is 0. The van der Waals surface area contributed by atoms with Gasteiger partial charge in [-0.15, -0.1) is 4.91 Å². The first-order chi connectivity index (χ1) is 10.2. The topological polar surface area (TPSA) is 73.2 Å². The largest absolute Gasteiger partial charge is 0.481 e. The van der Waals surface area contributed by atoms with Crippen LogP contribution in [0.15, 0.2) is 5.29 Å². The van der Waals surface area contributed by atoms with Crippen LogP contribution in [0.1, 0.15) is 44.9 Å². The molecule has 3 fully saturated rings. The Hall–Kier alpha value is -1.17. The lowest BCUT2D eigenvalue weighted by molar-refractivity contribution is -0.149. The second-order valence-electron chi connectivity index (χ2n) is 6.81. The number of nitroso groups, excluding NO2 is 1. The third-order valence-corrected chi connectivity index (χ3v) is 5.64. The van der Waals surface area contributed by atoms with Gasteiger partial charge in [-0.3, -0.25) is 14.7 Å². The molecular formula is C15H25N3O3. The van der Waals surface area contributed by atoms with E-state index in [1.165, 1.54) is 0 Å². The minimum atomic E-state index is -0.668. The molecule has 3 rings (SSSR count). The van der Waals surface area contributed by atoms with Crippen LogP contribution >= 0.6 is 0 Å². The van der Waals surface area contributed by atoms with Gasteiger partial charge in [0, 0.05) is 19.1 Å². The summed E-state index contributed by atoms with van der Waals surface area (Å²) in [6.45, 7) is 2.67. The first kappa shape index (κ1) is 14.8. The SMILES string of the molecule is O=NN1CCCC[C@@H]1[C@@H]1C[C@@H](C(=O)O)[C@H]2CCCCN2C1. The molecule has 3 aliphatic heterocycles. The number of fused-ring (bicyclic) bond motifs is 1. The molecule has 0 aromatic heterocycles. The molecule has 0 unspecified atom stereocenters. The molecule has 0 spiro atoms. The van der Waals surface area contributed by atoms with Crippen molar-refractivity contribution < 1.29 is 9.90 Å². The molecule has 0 saturated carbocycles. The Labute approximate surface area is 125 Å². The highest BCUT2D eigenvalue weighted by Gasteiger charge is 2.44. The molecule has 3 aliphatic rings. The van der Waals surface area contributed by atoms with Gasteiger partial charge in [0.2, 0.25) is 0 Å². The van der Waals surface area contributed by atoms with E-state index in [2.05, 4.69) is 10.2 Å². The minimum absolute atomic E-state index is 0.140. The van der Waals surface area contributed by atoms with Gasteiger partial charge in [0.05, 0.1) is 17.2 Å². The summed E-state index contributed by atoms with van der Waals surface area (Å²) < 4.78 is 0. The number of aliphatic carboxylic acids is 1. The lowest BCUT2D eigenvalue weighted by atomic mass is 9.75. The fourth-order valence-electron chi connectivity index (χ4n) is 4.62. The Morgan fingerprint density at radius 1 is 1.05 bits per heavy atom. The quantitative estimate of drug-likeness (QED) is 0.807. The number of nitrogens with zero attached hydrogens (tertiary/aromatic N) is 3. The molecule has 0 amide bonds. The Morgan fingerprint density at radius 3 is 2.48 bits per heavy atom. The van der Waals surface area contributed by atoms with Gasteiger partial charge in [0.25, 0.3) is 0 Å². The fraction of sp³-hybridized carbons (Fsp3) is 0.933. The number of carboxylic acids is 1. The zero-order chi connectivity index (χ0) is 14.8. The summed E-state index contributed by atoms with van der Waals surface area (Å²) in [6.07, 6.45) is 7.12. The number of piperidine rings is 3. The molecule has 4 atom stereocenters. The van der Waals surface area contributed by atoms with Gasteiger partial charge in [-0.2, -0.15) is 0 Å². The van der Waals surface area contributed by atoms with E-state index in [1.807, 2.05) is 0 Å². The van der Waals surface area contributed by atoms with Crippen molar-refractivity contribution in [3.05, 3.63) is 4.91 Å². The van der Waals surface area contributed by atoms with E-state index in [0.717, 1.165) is 58.2 Å². The van der Waals surface area contributed by atoms with Crippen molar-refractivity contribution in [1.82, 2.24) is 9.91 Å². The van der Waals surface area contributed by atoms with Crippen molar-refractivity contribution in [2.24, 2.45) is 17.1 Å². The van der Waals surface area contributed by atoms with Gasteiger partial charge in [0.1, 0.15) is 0 Å². The highest BCUT2D eigenvalue weighted by molar-refractivity contribution is 5.71. The Kier molecular flexibility index (Phi) is 4.42. The van der Waals surface area contributed by atoms with Gasteiger partial charge < -0.3 is 5.11 Å². The molecule has 6 heteroatoms. The van der Waals surface area contributed by atoms with E-state index >= 15 is 0 Å². The van der Waals surface area contributed by atoms with Crippen molar-refractivity contribution in [1.29, 1.82) is 0 Å². The molecule has 21 heavy (non-hydrogen) atoms. The fourth-order valence-corrected chi connectivity index (χ4v) is 4.62. The molecule has 6 nitrogen and oxygen atoms in total. The van der Waals surface area contributed by atoms with Crippen LogP contribution in [0.4, 0.5) is 0 Å². The predicted molar refractivity (Wildman–Crippen MR) is 78.6 cm³/mol. The Bertz CT molecular complexity index is 404. The molecule has 3 heterocycles. The van der Waals surface area contributed by atoms with E-state index < -0.39 is 5.97 Å². The monoisotopic (exact) mass is 295 g/mol. The maximum absolute atomic E-state index is 11.7. The summed E-state index contributed by atoms with van der Waals surface area (Å²) in [5.74, 6) is -0.684. The van der Waals surface area contributed by atoms with Crippen molar-refractivity contribution in [3.63, 3.8) is 0 Å². The van der Waals surface area contributed by atoms with Crippen LogP contribution in [-0.2, 0) is 4.79 Å². The Balaban J connectivity index is 1.76.